The van der Waals surface area contributed by atoms with Crippen LogP contribution < -0.4 is 9.47 Å². The van der Waals surface area contributed by atoms with Crippen LogP contribution in [0.4, 0.5) is 0 Å². The lowest BCUT2D eigenvalue weighted by Gasteiger charge is -2.12. The van der Waals surface area contributed by atoms with Gasteiger partial charge in [0.1, 0.15) is 5.15 Å². The molecule has 0 radical (unpaired) electrons. The number of ether oxygens (including phenoxy) is 3. The van der Waals surface area contributed by atoms with Crippen molar-refractivity contribution in [3.8, 4) is 11.5 Å². The largest absolute Gasteiger partial charge is 0.469 e. The van der Waals surface area contributed by atoms with Crippen LogP contribution in [0.2, 0.25) is 5.15 Å². The summed E-state index contributed by atoms with van der Waals surface area (Å²) in [5.74, 6) is 0.397. The van der Waals surface area contributed by atoms with Gasteiger partial charge in [0.25, 0.3) is 10.0 Å². The van der Waals surface area contributed by atoms with Gasteiger partial charge >= 0.3 is 5.97 Å². The van der Waals surface area contributed by atoms with Gasteiger partial charge in [-0.1, -0.05) is 11.6 Å². The van der Waals surface area contributed by atoms with E-state index in [4.69, 9.17) is 21.1 Å². The van der Waals surface area contributed by atoms with E-state index in [1.165, 1.54) is 29.3 Å². The zero-order chi connectivity index (χ0) is 19.9. The summed E-state index contributed by atoms with van der Waals surface area (Å²) < 4.78 is 43.2. The van der Waals surface area contributed by atoms with Gasteiger partial charge in [-0.3, -0.25) is 4.79 Å². The summed E-state index contributed by atoms with van der Waals surface area (Å²) in [5.41, 5.74) is 1.17. The molecule has 4 rings (SSSR count). The fraction of sp³-hybridized carbons (Fsp3) is 0.222. The average Bonchev–Trinajstić information content (AvgIpc) is 3.29. The number of fused-ring (bicyclic) bond motifs is 2. The quantitative estimate of drug-likeness (QED) is 0.460. The first-order chi connectivity index (χ1) is 13.4. The summed E-state index contributed by atoms with van der Waals surface area (Å²) >= 11 is 5.95. The van der Waals surface area contributed by atoms with Crippen LogP contribution in [0.3, 0.4) is 0 Å². The first-order valence-electron chi connectivity index (χ1n) is 8.29. The lowest BCUT2D eigenvalue weighted by atomic mass is 10.2. The number of carbonyl (C=O) groups excluding carboxylic acids is 1. The topological polar surface area (TPSA) is 96.7 Å². The van der Waals surface area contributed by atoms with Crippen molar-refractivity contribution in [3.63, 3.8) is 0 Å². The Morgan fingerprint density at radius 3 is 2.79 bits per heavy atom. The van der Waals surface area contributed by atoms with Crippen molar-refractivity contribution in [1.82, 2.24) is 8.96 Å². The number of carbonyl (C=O) groups is 1. The summed E-state index contributed by atoms with van der Waals surface area (Å²) in [6.45, 7) is 0.0398. The number of aryl methyl sites for hydroxylation is 1. The number of pyridine rings is 1. The Kier molecular flexibility index (Phi) is 4.64. The molecule has 146 valence electrons. The van der Waals surface area contributed by atoms with Gasteiger partial charge in [-0.15, -0.1) is 0 Å². The Labute approximate surface area is 165 Å². The normalized spacial score (nSPS) is 13.1. The highest BCUT2D eigenvalue weighted by Crippen LogP contribution is 2.35. The van der Waals surface area contributed by atoms with E-state index in [0.29, 0.717) is 28.2 Å². The molecule has 0 N–H and O–H groups in total. The third-order valence-corrected chi connectivity index (χ3v) is 6.32. The smallest absolute Gasteiger partial charge is 0.305 e. The second-order valence-electron chi connectivity index (χ2n) is 6.03. The summed E-state index contributed by atoms with van der Waals surface area (Å²) in [6.07, 6.45) is 0.182. The van der Waals surface area contributed by atoms with E-state index >= 15 is 0 Å². The van der Waals surface area contributed by atoms with Crippen LogP contribution in [0.1, 0.15) is 12.1 Å². The molecule has 3 heterocycles. The molecule has 1 aromatic carbocycles. The molecular weight excluding hydrogens is 408 g/mol. The molecule has 0 amide bonds. The Morgan fingerprint density at radius 2 is 2.00 bits per heavy atom. The number of esters is 1. The second kappa shape index (κ2) is 6.99. The SMILES string of the molecule is COC(=O)CCc1cc2nc(Cl)ccc2n1S(=O)(=O)c1ccc2c(c1)OCO2. The van der Waals surface area contributed by atoms with Gasteiger partial charge in [-0.2, -0.15) is 0 Å². The minimum Gasteiger partial charge on any atom is -0.469 e. The zero-order valence-electron chi connectivity index (χ0n) is 14.7. The van der Waals surface area contributed by atoms with Crippen molar-refractivity contribution >= 4 is 38.6 Å². The molecular formula is C18H15ClN2O6S. The number of benzene rings is 1. The first kappa shape index (κ1) is 18.6. The minimum absolute atomic E-state index is 0.0250. The van der Waals surface area contributed by atoms with E-state index in [1.807, 2.05) is 0 Å². The fourth-order valence-corrected chi connectivity index (χ4v) is 4.75. The monoisotopic (exact) mass is 422 g/mol. The number of hydrogen-bond donors (Lipinski definition) is 0. The third-order valence-electron chi connectivity index (χ3n) is 4.35. The minimum atomic E-state index is -4.00. The summed E-state index contributed by atoms with van der Waals surface area (Å²) in [6, 6.07) is 9.11. The van der Waals surface area contributed by atoms with Crippen molar-refractivity contribution in [1.29, 1.82) is 0 Å². The Bertz CT molecular complexity index is 1190. The van der Waals surface area contributed by atoms with Crippen LogP contribution in [-0.4, -0.2) is 37.2 Å². The van der Waals surface area contributed by atoms with Crippen molar-refractivity contribution in [2.24, 2.45) is 0 Å². The number of halogens is 1. The molecule has 0 saturated heterocycles. The van der Waals surface area contributed by atoms with Gasteiger partial charge in [0.05, 0.1) is 29.5 Å². The van der Waals surface area contributed by atoms with Crippen molar-refractivity contribution in [2.75, 3.05) is 13.9 Å². The van der Waals surface area contributed by atoms with Gasteiger partial charge < -0.3 is 14.2 Å². The van der Waals surface area contributed by atoms with Gasteiger partial charge in [0.15, 0.2) is 11.5 Å². The molecule has 0 saturated carbocycles. The maximum atomic E-state index is 13.4. The number of nitrogens with zero attached hydrogens (tertiary/aromatic N) is 2. The van der Waals surface area contributed by atoms with Gasteiger partial charge in [-0.25, -0.2) is 17.4 Å². The van der Waals surface area contributed by atoms with Crippen LogP contribution in [0.25, 0.3) is 11.0 Å². The predicted molar refractivity (Wildman–Crippen MR) is 100 cm³/mol. The van der Waals surface area contributed by atoms with Crippen LogP contribution in [0.15, 0.2) is 41.3 Å². The second-order valence-corrected chi connectivity index (χ2v) is 8.21. The highest BCUT2D eigenvalue weighted by molar-refractivity contribution is 7.90. The molecule has 2 aromatic heterocycles. The van der Waals surface area contributed by atoms with E-state index < -0.39 is 16.0 Å². The maximum absolute atomic E-state index is 13.4. The molecule has 0 atom stereocenters. The third kappa shape index (κ3) is 3.16. The Morgan fingerprint density at radius 1 is 1.21 bits per heavy atom. The van der Waals surface area contributed by atoms with Gasteiger partial charge in [-0.05, 0) is 36.8 Å². The van der Waals surface area contributed by atoms with E-state index in [1.54, 1.807) is 18.2 Å². The molecule has 0 spiro atoms. The molecule has 8 nitrogen and oxygen atoms in total. The molecule has 0 bridgehead atoms. The average molecular weight is 423 g/mol. The molecule has 0 aliphatic carbocycles. The number of hydrogen-bond acceptors (Lipinski definition) is 7. The summed E-state index contributed by atoms with van der Waals surface area (Å²) in [5, 5.41) is 0.240. The zero-order valence-corrected chi connectivity index (χ0v) is 16.3. The number of methoxy groups -OCH3 is 1. The fourth-order valence-electron chi connectivity index (χ4n) is 3.02. The highest BCUT2D eigenvalue weighted by atomic mass is 35.5. The molecule has 28 heavy (non-hydrogen) atoms. The van der Waals surface area contributed by atoms with E-state index in [0.717, 1.165) is 0 Å². The standard InChI is InChI=1S/C18H15ClN2O6S/c1-25-18(22)7-2-11-8-13-14(4-6-17(19)20-13)21(11)28(23,24)12-3-5-15-16(9-12)27-10-26-15/h3-6,8-9H,2,7,10H2,1H3. The predicted octanol–water partition coefficient (Wildman–Crippen LogP) is 2.76. The molecule has 1 aliphatic rings. The maximum Gasteiger partial charge on any atom is 0.305 e. The lowest BCUT2D eigenvalue weighted by Crippen LogP contribution is -2.16. The van der Waals surface area contributed by atoms with E-state index in [2.05, 4.69) is 9.72 Å². The lowest BCUT2D eigenvalue weighted by molar-refractivity contribution is -0.140. The summed E-state index contributed by atoms with van der Waals surface area (Å²) in [7, 11) is -2.72. The van der Waals surface area contributed by atoms with Crippen LogP contribution in [-0.2, 0) is 26.0 Å². The van der Waals surface area contributed by atoms with E-state index in [9.17, 15) is 13.2 Å². The van der Waals surface area contributed by atoms with Crippen molar-refractivity contribution < 1.29 is 27.4 Å². The number of rotatable bonds is 5. The Balaban J connectivity index is 1.86. The van der Waals surface area contributed by atoms with Gasteiger partial charge in [0, 0.05) is 11.8 Å². The van der Waals surface area contributed by atoms with Crippen LogP contribution in [0.5, 0.6) is 11.5 Å². The van der Waals surface area contributed by atoms with Crippen LogP contribution in [0, 0.1) is 0 Å². The molecule has 3 aromatic rings. The first-order valence-corrected chi connectivity index (χ1v) is 10.1. The Hall–Kier alpha value is -2.78. The number of aromatic nitrogens is 2. The molecule has 0 unspecified atom stereocenters. The highest BCUT2D eigenvalue weighted by Gasteiger charge is 2.26. The molecule has 0 fully saturated rings. The summed E-state index contributed by atoms with van der Waals surface area (Å²) in [4.78, 5) is 15.8. The van der Waals surface area contributed by atoms with Crippen LogP contribution >= 0.6 is 11.6 Å². The molecule has 10 heteroatoms. The van der Waals surface area contributed by atoms with Gasteiger partial charge in [0.2, 0.25) is 6.79 Å². The molecule has 1 aliphatic heterocycles. The van der Waals surface area contributed by atoms with E-state index in [-0.39, 0.29) is 29.7 Å². The van der Waals surface area contributed by atoms with Crippen molar-refractivity contribution in [3.05, 3.63) is 47.2 Å². The van der Waals surface area contributed by atoms with Crippen molar-refractivity contribution in [2.45, 2.75) is 17.7 Å².